The first-order valence-electron chi connectivity index (χ1n) is 7.48. The Kier molecular flexibility index (Phi) is 9.77. The van der Waals surface area contributed by atoms with Gasteiger partial charge in [-0.25, -0.2) is 4.79 Å². The quantitative estimate of drug-likeness (QED) is 0.601. The number of hydrogen-bond donors (Lipinski definition) is 1. The van der Waals surface area contributed by atoms with Crippen molar-refractivity contribution in [3.63, 3.8) is 0 Å². The smallest absolute Gasteiger partial charge is 0.370 e. The van der Waals surface area contributed by atoms with Crippen molar-refractivity contribution in [1.82, 2.24) is 0 Å². The zero-order chi connectivity index (χ0) is 16.4. The summed E-state index contributed by atoms with van der Waals surface area (Å²) in [6.07, 6.45) is 8.26. The van der Waals surface area contributed by atoms with Gasteiger partial charge in [-0.15, -0.1) is 0 Å². The lowest BCUT2D eigenvalue weighted by atomic mass is 10.1. The van der Waals surface area contributed by atoms with Crippen molar-refractivity contribution in [1.29, 1.82) is 0 Å². The number of carboxylic acids is 1. The van der Waals surface area contributed by atoms with E-state index in [9.17, 15) is 4.79 Å². The Balaban J connectivity index is 0.000000567. The Morgan fingerprint density at radius 1 is 1.29 bits per heavy atom. The first-order valence-corrected chi connectivity index (χ1v) is 9.51. The van der Waals surface area contributed by atoms with Gasteiger partial charge in [0.1, 0.15) is 5.22 Å². The van der Waals surface area contributed by atoms with E-state index in [0.29, 0.717) is 0 Å². The summed E-state index contributed by atoms with van der Waals surface area (Å²) in [4.78, 5) is 9.51. The molecule has 1 fully saturated rings. The lowest BCUT2D eigenvalue weighted by Crippen LogP contribution is -2.64. The monoisotopic (exact) mass is 318 g/mol. The fourth-order valence-corrected chi connectivity index (χ4v) is 7.06. The maximum atomic E-state index is 9.51. The highest BCUT2D eigenvalue weighted by Crippen LogP contribution is 2.42. The van der Waals surface area contributed by atoms with Crippen LogP contribution in [-0.4, -0.2) is 46.2 Å². The molecule has 124 valence electrons. The third kappa shape index (κ3) is 5.21. The molecule has 0 amide bonds. The summed E-state index contributed by atoms with van der Waals surface area (Å²) in [7, 11) is 3.22. The normalized spacial score (nSPS) is 24.4. The second-order valence-corrected chi connectivity index (χ2v) is 8.89. The van der Waals surface area contributed by atoms with Gasteiger partial charge in [0, 0.05) is 27.4 Å². The number of allylic oxidation sites excluding steroid dienone is 1. The van der Waals surface area contributed by atoms with Gasteiger partial charge in [0.05, 0.1) is 0 Å². The van der Waals surface area contributed by atoms with Crippen LogP contribution >= 0.6 is 0 Å². The second-order valence-electron chi connectivity index (χ2n) is 5.15. The lowest BCUT2D eigenvalue weighted by Gasteiger charge is -2.47. The SMILES string of the molecule is CC=CC(=O)O.CCCC1(OC)CCCC[Si]1(OC)OC. The number of rotatable bonds is 6. The minimum atomic E-state index is -2.15. The van der Waals surface area contributed by atoms with E-state index < -0.39 is 14.5 Å². The maximum absolute atomic E-state index is 9.51. The molecule has 21 heavy (non-hydrogen) atoms. The molecule has 1 heterocycles. The van der Waals surface area contributed by atoms with Gasteiger partial charge in [-0.1, -0.05) is 32.3 Å². The molecule has 0 saturated carbocycles. The molecule has 6 heteroatoms. The molecule has 0 bridgehead atoms. The molecule has 5 nitrogen and oxygen atoms in total. The highest BCUT2D eigenvalue weighted by Gasteiger charge is 2.58. The molecule has 1 aliphatic rings. The summed E-state index contributed by atoms with van der Waals surface area (Å²) < 4.78 is 17.4. The average Bonchev–Trinajstić information content (AvgIpc) is 2.48. The van der Waals surface area contributed by atoms with Gasteiger partial charge < -0.3 is 18.7 Å². The highest BCUT2D eigenvalue weighted by molar-refractivity contribution is 6.70. The molecule has 1 atom stereocenters. The van der Waals surface area contributed by atoms with E-state index in [4.69, 9.17) is 18.7 Å². The lowest BCUT2D eigenvalue weighted by molar-refractivity contribution is -0.131. The molecule has 0 aromatic rings. The number of carbonyl (C=O) groups is 1. The third-order valence-electron chi connectivity index (χ3n) is 4.04. The molecule has 1 N–H and O–H groups in total. The number of methoxy groups -OCH3 is 1. The van der Waals surface area contributed by atoms with Gasteiger partial charge in [0.15, 0.2) is 0 Å². The molecule has 0 spiro atoms. The number of hydrogen-bond acceptors (Lipinski definition) is 4. The predicted molar refractivity (Wildman–Crippen MR) is 85.5 cm³/mol. The Morgan fingerprint density at radius 2 is 1.90 bits per heavy atom. The van der Waals surface area contributed by atoms with E-state index in [0.717, 1.165) is 31.4 Å². The topological polar surface area (TPSA) is 65.0 Å². The van der Waals surface area contributed by atoms with Crippen LogP contribution in [0.3, 0.4) is 0 Å². The Hall–Kier alpha value is -0.693. The fourth-order valence-electron chi connectivity index (χ4n) is 3.07. The maximum Gasteiger partial charge on any atom is 0.370 e. The molecule has 1 unspecified atom stereocenters. The van der Waals surface area contributed by atoms with Crippen molar-refractivity contribution >= 4 is 14.5 Å². The molecular weight excluding hydrogens is 288 g/mol. The Morgan fingerprint density at radius 3 is 2.24 bits per heavy atom. The van der Waals surface area contributed by atoms with Crippen LogP contribution in [0.1, 0.15) is 46.0 Å². The van der Waals surface area contributed by atoms with Gasteiger partial charge in [-0.2, -0.15) is 0 Å². The molecule has 1 aliphatic heterocycles. The fraction of sp³-hybridized carbons (Fsp3) is 0.800. The van der Waals surface area contributed by atoms with Gasteiger partial charge in [-0.3, -0.25) is 0 Å². The Bertz CT molecular complexity index is 324. The first-order chi connectivity index (χ1) is 9.97. The van der Waals surface area contributed by atoms with E-state index in [1.165, 1.54) is 18.9 Å². The van der Waals surface area contributed by atoms with Crippen LogP contribution in [0.5, 0.6) is 0 Å². The van der Waals surface area contributed by atoms with Crippen molar-refractivity contribution < 1.29 is 23.5 Å². The number of carboxylic acid groups (broad SMARTS) is 1. The third-order valence-corrected chi connectivity index (χ3v) is 8.47. The summed E-state index contributed by atoms with van der Waals surface area (Å²) in [6, 6.07) is 1.06. The van der Waals surface area contributed by atoms with Gasteiger partial charge in [0.2, 0.25) is 0 Å². The molecule has 1 rings (SSSR count). The van der Waals surface area contributed by atoms with Crippen LogP contribution in [0.15, 0.2) is 12.2 Å². The zero-order valence-electron chi connectivity index (χ0n) is 14.0. The summed E-state index contributed by atoms with van der Waals surface area (Å²) in [5, 5.41) is 7.71. The summed E-state index contributed by atoms with van der Waals surface area (Å²) in [5.41, 5.74) is 0. The van der Waals surface area contributed by atoms with Crippen molar-refractivity contribution in [2.24, 2.45) is 0 Å². The van der Waals surface area contributed by atoms with Crippen LogP contribution < -0.4 is 0 Å². The van der Waals surface area contributed by atoms with E-state index >= 15 is 0 Å². The molecule has 0 aromatic carbocycles. The van der Waals surface area contributed by atoms with E-state index in [1.54, 1.807) is 28.3 Å². The number of ether oxygens (including phenoxy) is 1. The van der Waals surface area contributed by atoms with E-state index in [1.807, 2.05) is 0 Å². The van der Waals surface area contributed by atoms with Crippen molar-refractivity contribution in [3.05, 3.63) is 12.2 Å². The standard InChI is InChI=1S/C11H24O3Si.C4H6O2/c1-5-8-11(12-2)9-6-7-10-15(11,13-3)14-4;1-2-3-4(5)6/h5-10H2,1-4H3;2-3H,1H3,(H,5,6). The molecule has 0 radical (unpaired) electrons. The van der Waals surface area contributed by atoms with E-state index in [2.05, 4.69) is 6.92 Å². The first kappa shape index (κ1) is 20.3. The van der Waals surface area contributed by atoms with Crippen LogP contribution in [0.2, 0.25) is 6.04 Å². The summed E-state index contributed by atoms with van der Waals surface area (Å²) >= 11 is 0. The van der Waals surface area contributed by atoms with Gasteiger partial charge >= 0.3 is 14.5 Å². The molecular formula is C15H30O5Si. The largest absolute Gasteiger partial charge is 0.478 e. The highest BCUT2D eigenvalue weighted by atomic mass is 28.4. The van der Waals surface area contributed by atoms with Crippen molar-refractivity contribution in [3.8, 4) is 0 Å². The summed E-state index contributed by atoms with van der Waals surface area (Å²) in [6.45, 7) is 3.86. The Labute approximate surface area is 129 Å². The second kappa shape index (κ2) is 10.1. The zero-order valence-corrected chi connectivity index (χ0v) is 15.0. The van der Waals surface area contributed by atoms with Crippen molar-refractivity contribution in [2.45, 2.75) is 57.2 Å². The minimum absolute atomic E-state index is 0.122. The molecule has 0 aromatic heterocycles. The predicted octanol–water partition coefficient (Wildman–Crippen LogP) is 3.28. The van der Waals surface area contributed by atoms with Crippen molar-refractivity contribution in [2.75, 3.05) is 21.3 Å². The van der Waals surface area contributed by atoms with Crippen LogP contribution in [0.4, 0.5) is 0 Å². The number of aliphatic carboxylic acids is 1. The van der Waals surface area contributed by atoms with Crippen LogP contribution in [-0.2, 0) is 18.4 Å². The van der Waals surface area contributed by atoms with Gasteiger partial charge in [-0.05, 0) is 25.8 Å². The van der Waals surface area contributed by atoms with Crippen LogP contribution in [0.25, 0.3) is 0 Å². The summed E-state index contributed by atoms with van der Waals surface area (Å²) in [5.74, 6) is -0.891. The van der Waals surface area contributed by atoms with E-state index in [-0.39, 0.29) is 5.22 Å². The molecule has 1 saturated heterocycles. The van der Waals surface area contributed by atoms with Crippen LogP contribution in [0, 0.1) is 0 Å². The minimum Gasteiger partial charge on any atom is -0.478 e. The average molecular weight is 318 g/mol. The molecule has 0 aliphatic carbocycles. The van der Waals surface area contributed by atoms with Gasteiger partial charge in [0.25, 0.3) is 0 Å².